The zero-order chi connectivity index (χ0) is 11.1. The van der Waals surface area contributed by atoms with Gasteiger partial charge in [0.2, 0.25) is 5.78 Å². The Hall–Kier alpha value is -1.64. The lowest BCUT2D eigenvalue weighted by molar-refractivity contribution is -0.153. The van der Waals surface area contributed by atoms with Gasteiger partial charge in [0, 0.05) is 6.42 Å². The van der Waals surface area contributed by atoms with Crippen LogP contribution in [-0.2, 0) is 20.7 Å². The second-order valence-corrected chi connectivity index (χ2v) is 3.22. The van der Waals surface area contributed by atoms with Crippen molar-refractivity contribution in [3.8, 4) is 0 Å². The average Bonchev–Trinajstić information content (AvgIpc) is 2.27. The van der Waals surface area contributed by atoms with Gasteiger partial charge in [-0.05, 0) is 12.0 Å². The van der Waals surface area contributed by atoms with Crippen LogP contribution in [0.1, 0.15) is 18.9 Å². The van der Waals surface area contributed by atoms with Crippen LogP contribution < -0.4 is 0 Å². The van der Waals surface area contributed by atoms with E-state index in [1.165, 1.54) is 0 Å². The smallest absolute Gasteiger partial charge is 0.374 e. The van der Waals surface area contributed by atoms with Gasteiger partial charge in [-0.1, -0.05) is 37.3 Å². The first-order valence-electron chi connectivity index (χ1n) is 4.98. The molecule has 0 N–H and O–H groups in total. The normalized spacial score (nSPS) is 9.67. The highest BCUT2D eigenvalue weighted by atomic mass is 16.5. The minimum absolute atomic E-state index is 0.114. The van der Waals surface area contributed by atoms with E-state index in [9.17, 15) is 9.59 Å². The molecule has 0 radical (unpaired) electrons. The summed E-state index contributed by atoms with van der Waals surface area (Å²) < 4.78 is 4.74. The number of ketones is 1. The Balaban J connectivity index is 2.45. The quantitative estimate of drug-likeness (QED) is 0.544. The molecule has 0 saturated heterocycles. The molecule has 0 bridgehead atoms. The first-order valence-corrected chi connectivity index (χ1v) is 4.98. The monoisotopic (exact) mass is 206 g/mol. The summed E-state index contributed by atoms with van der Waals surface area (Å²) >= 11 is 0. The van der Waals surface area contributed by atoms with Gasteiger partial charge in [-0.15, -0.1) is 0 Å². The summed E-state index contributed by atoms with van der Waals surface area (Å²) in [6, 6.07) is 9.15. The molecule has 0 fully saturated rings. The molecule has 0 atom stereocenters. The van der Waals surface area contributed by atoms with Crippen molar-refractivity contribution in [2.45, 2.75) is 19.8 Å². The minimum Gasteiger partial charge on any atom is -0.460 e. The minimum atomic E-state index is -0.735. The highest BCUT2D eigenvalue weighted by molar-refractivity contribution is 6.34. The van der Waals surface area contributed by atoms with Gasteiger partial charge in [0.05, 0.1) is 6.61 Å². The lowest BCUT2D eigenvalue weighted by Gasteiger charge is -2.01. The van der Waals surface area contributed by atoms with Crippen LogP contribution in [0.2, 0.25) is 0 Å². The summed E-state index contributed by atoms with van der Waals surface area (Å²) in [5, 5.41) is 0. The number of hydrogen-bond donors (Lipinski definition) is 0. The van der Waals surface area contributed by atoms with E-state index in [2.05, 4.69) is 0 Å². The predicted molar refractivity (Wildman–Crippen MR) is 56.4 cm³/mol. The fraction of sp³-hybridized carbons (Fsp3) is 0.333. The van der Waals surface area contributed by atoms with Crippen molar-refractivity contribution in [2.75, 3.05) is 6.61 Å². The Bertz CT molecular complexity index is 330. The third kappa shape index (κ3) is 3.94. The summed E-state index contributed by atoms with van der Waals surface area (Å²) in [5.74, 6) is -1.23. The van der Waals surface area contributed by atoms with Crippen LogP contribution in [0.3, 0.4) is 0 Å². The second-order valence-electron chi connectivity index (χ2n) is 3.22. The molecule has 0 aromatic heterocycles. The molecule has 0 aliphatic heterocycles. The van der Waals surface area contributed by atoms with Gasteiger partial charge in [0.15, 0.2) is 0 Å². The third-order valence-electron chi connectivity index (χ3n) is 1.87. The predicted octanol–water partition coefficient (Wildman–Crippen LogP) is 1.75. The third-order valence-corrected chi connectivity index (χ3v) is 1.87. The summed E-state index contributed by atoms with van der Waals surface area (Å²) in [6.07, 6.45) is 0.841. The van der Waals surface area contributed by atoms with E-state index in [1.807, 2.05) is 37.3 Å². The average molecular weight is 206 g/mol. The molecule has 15 heavy (non-hydrogen) atoms. The van der Waals surface area contributed by atoms with Crippen LogP contribution in [0, 0.1) is 0 Å². The van der Waals surface area contributed by atoms with Gasteiger partial charge >= 0.3 is 5.97 Å². The van der Waals surface area contributed by atoms with Crippen molar-refractivity contribution < 1.29 is 14.3 Å². The van der Waals surface area contributed by atoms with Crippen LogP contribution in [0.25, 0.3) is 0 Å². The van der Waals surface area contributed by atoms with Crippen LogP contribution in [0.5, 0.6) is 0 Å². The van der Waals surface area contributed by atoms with Crippen molar-refractivity contribution in [1.29, 1.82) is 0 Å². The van der Waals surface area contributed by atoms with Gasteiger partial charge < -0.3 is 4.74 Å². The second kappa shape index (κ2) is 5.96. The Kier molecular flexibility index (Phi) is 4.54. The van der Waals surface area contributed by atoms with Gasteiger partial charge in [-0.25, -0.2) is 4.79 Å². The maximum atomic E-state index is 11.3. The molecule has 1 rings (SSSR count). The highest BCUT2D eigenvalue weighted by Crippen LogP contribution is 2.01. The van der Waals surface area contributed by atoms with Crippen LogP contribution in [0.4, 0.5) is 0 Å². The molecule has 1 aromatic rings. The molecule has 3 heteroatoms. The van der Waals surface area contributed by atoms with E-state index in [0.29, 0.717) is 6.61 Å². The van der Waals surface area contributed by atoms with Crippen LogP contribution in [-0.4, -0.2) is 18.4 Å². The number of Topliss-reactive ketones (excluding diaryl/α,β-unsaturated/α-hetero) is 1. The topological polar surface area (TPSA) is 43.4 Å². The highest BCUT2D eigenvalue weighted by Gasteiger charge is 2.14. The van der Waals surface area contributed by atoms with E-state index in [-0.39, 0.29) is 6.42 Å². The van der Waals surface area contributed by atoms with Crippen molar-refractivity contribution in [1.82, 2.24) is 0 Å². The first kappa shape index (κ1) is 11.4. The number of esters is 1. The fourth-order valence-electron chi connectivity index (χ4n) is 1.13. The first-order chi connectivity index (χ1) is 7.24. The Morgan fingerprint density at radius 3 is 2.47 bits per heavy atom. The lowest BCUT2D eigenvalue weighted by atomic mass is 10.1. The van der Waals surface area contributed by atoms with Gasteiger partial charge in [-0.2, -0.15) is 0 Å². The van der Waals surface area contributed by atoms with Crippen molar-refractivity contribution in [3.63, 3.8) is 0 Å². The van der Waals surface area contributed by atoms with E-state index < -0.39 is 11.8 Å². The van der Waals surface area contributed by atoms with E-state index >= 15 is 0 Å². The molecule has 1 aromatic carbocycles. The van der Waals surface area contributed by atoms with Crippen LogP contribution in [0.15, 0.2) is 30.3 Å². The fourth-order valence-corrected chi connectivity index (χ4v) is 1.13. The number of carbonyl (C=O) groups excluding carboxylic acids is 2. The lowest BCUT2D eigenvalue weighted by Crippen LogP contribution is -2.19. The molecule has 0 spiro atoms. The number of ether oxygens (including phenoxy) is 1. The molecular formula is C12H14O3. The molecule has 80 valence electrons. The number of benzene rings is 1. The summed E-state index contributed by atoms with van der Waals surface area (Å²) in [5.41, 5.74) is 0.830. The molecule has 0 unspecified atom stereocenters. The Morgan fingerprint density at radius 1 is 1.20 bits per heavy atom. The number of carbonyl (C=O) groups is 2. The zero-order valence-electron chi connectivity index (χ0n) is 8.73. The summed E-state index contributed by atoms with van der Waals surface area (Å²) in [7, 11) is 0. The largest absolute Gasteiger partial charge is 0.460 e. The maximum absolute atomic E-state index is 11.3. The Morgan fingerprint density at radius 2 is 1.87 bits per heavy atom. The molecule has 0 aliphatic carbocycles. The standard InChI is InChI=1S/C12H14O3/c1-2-8-15-12(14)11(13)9-10-6-4-3-5-7-10/h3-7H,2,8-9H2,1H3. The van der Waals surface area contributed by atoms with Crippen molar-refractivity contribution >= 4 is 11.8 Å². The van der Waals surface area contributed by atoms with Gasteiger partial charge in [0.25, 0.3) is 0 Å². The van der Waals surface area contributed by atoms with E-state index in [4.69, 9.17) is 4.74 Å². The van der Waals surface area contributed by atoms with Crippen LogP contribution >= 0.6 is 0 Å². The summed E-state index contributed by atoms with van der Waals surface area (Å²) in [6.45, 7) is 2.19. The van der Waals surface area contributed by atoms with Crippen molar-refractivity contribution in [2.24, 2.45) is 0 Å². The molecule has 0 saturated carbocycles. The Labute approximate surface area is 89.1 Å². The molecule has 3 nitrogen and oxygen atoms in total. The van der Waals surface area contributed by atoms with Gasteiger partial charge in [-0.3, -0.25) is 4.79 Å². The number of rotatable bonds is 5. The molecule has 0 heterocycles. The maximum Gasteiger partial charge on any atom is 0.374 e. The van der Waals surface area contributed by atoms with Gasteiger partial charge in [0.1, 0.15) is 0 Å². The SMILES string of the molecule is CCCOC(=O)C(=O)Cc1ccccc1. The molecule has 0 amide bonds. The zero-order valence-corrected chi connectivity index (χ0v) is 8.73. The number of hydrogen-bond acceptors (Lipinski definition) is 3. The molecule has 0 aliphatic rings. The summed E-state index contributed by atoms with van der Waals surface area (Å²) in [4.78, 5) is 22.5. The van der Waals surface area contributed by atoms with E-state index in [0.717, 1.165) is 12.0 Å². The van der Waals surface area contributed by atoms with Crippen molar-refractivity contribution in [3.05, 3.63) is 35.9 Å². The molecular weight excluding hydrogens is 192 g/mol. The van der Waals surface area contributed by atoms with E-state index in [1.54, 1.807) is 0 Å².